The lowest BCUT2D eigenvalue weighted by molar-refractivity contribution is -0.115. The van der Waals surface area contributed by atoms with Crippen molar-refractivity contribution in [3.05, 3.63) is 64.8 Å². The number of hydrogen-bond acceptors (Lipinski definition) is 5. The fraction of sp³-hybridized carbons (Fsp3) is 0.0556. The predicted molar refractivity (Wildman–Crippen MR) is 98.0 cm³/mol. The molecule has 2 heterocycles. The van der Waals surface area contributed by atoms with Gasteiger partial charge in [-0.25, -0.2) is 9.98 Å². The molecule has 5 nitrogen and oxygen atoms in total. The molecule has 3 aromatic rings. The Labute approximate surface area is 142 Å². The van der Waals surface area contributed by atoms with Gasteiger partial charge in [-0.1, -0.05) is 18.2 Å². The molecule has 24 heavy (non-hydrogen) atoms. The molecule has 0 fully saturated rings. The molecule has 2 N–H and O–H groups in total. The highest BCUT2D eigenvalue weighted by Crippen LogP contribution is 2.21. The molecule has 0 saturated carbocycles. The molecular weight excluding hydrogens is 320 g/mol. The molecule has 0 spiro atoms. The van der Waals surface area contributed by atoms with Crippen molar-refractivity contribution < 1.29 is 4.79 Å². The third-order valence-electron chi connectivity index (χ3n) is 3.64. The molecule has 0 aliphatic carbocycles. The number of rotatable bonds is 2. The van der Waals surface area contributed by atoms with Gasteiger partial charge in [-0.05, 0) is 48.4 Å². The van der Waals surface area contributed by atoms with Gasteiger partial charge < -0.3 is 5.32 Å². The van der Waals surface area contributed by atoms with Gasteiger partial charge >= 0.3 is 0 Å². The van der Waals surface area contributed by atoms with E-state index in [1.165, 1.54) is 0 Å². The van der Waals surface area contributed by atoms with Crippen LogP contribution in [0.25, 0.3) is 16.3 Å². The molecule has 4 rings (SSSR count). The summed E-state index contributed by atoms with van der Waals surface area (Å²) >= 11 is 1.57. The van der Waals surface area contributed by atoms with Crippen LogP contribution in [0.5, 0.6) is 0 Å². The first-order valence-corrected chi connectivity index (χ1v) is 8.34. The number of aryl methyl sites for hydroxylation is 1. The minimum absolute atomic E-state index is 0.213. The van der Waals surface area contributed by atoms with Gasteiger partial charge in [-0.3, -0.25) is 10.1 Å². The lowest BCUT2D eigenvalue weighted by Gasteiger charge is -2.05. The molecular formula is C18H14N4OS. The van der Waals surface area contributed by atoms with Crippen LogP contribution in [0, 0.1) is 6.92 Å². The normalized spacial score (nSPS) is 15.6. The van der Waals surface area contributed by atoms with Gasteiger partial charge in [-0.2, -0.15) is 0 Å². The molecule has 0 bridgehead atoms. The van der Waals surface area contributed by atoms with Crippen molar-refractivity contribution in [2.24, 2.45) is 4.99 Å². The van der Waals surface area contributed by atoms with Crippen molar-refractivity contribution in [3.63, 3.8) is 0 Å². The second kappa shape index (κ2) is 5.90. The van der Waals surface area contributed by atoms with E-state index in [1.807, 2.05) is 54.9 Å². The van der Waals surface area contributed by atoms with E-state index in [-0.39, 0.29) is 5.91 Å². The smallest absolute Gasteiger partial charge is 0.276 e. The monoisotopic (exact) mass is 334 g/mol. The fourth-order valence-electron chi connectivity index (χ4n) is 2.51. The Bertz CT molecular complexity index is 1000. The Kier molecular flexibility index (Phi) is 3.59. The van der Waals surface area contributed by atoms with E-state index < -0.39 is 0 Å². The molecule has 118 valence electrons. The molecule has 1 amide bonds. The van der Waals surface area contributed by atoms with Gasteiger partial charge in [0.05, 0.1) is 15.7 Å². The molecule has 6 heteroatoms. The Morgan fingerprint density at radius 3 is 3.00 bits per heavy atom. The minimum Gasteiger partial charge on any atom is -0.326 e. The topological polar surface area (TPSA) is 66.4 Å². The molecule has 1 aromatic heterocycles. The predicted octanol–water partition coefficient (Wildman–Crippen LogP) is 3.54. The van der Waals surface area contributed by atoms with E-state index in [0.29, 0.717) is 11.7 Å². The van der Waals surface area contributed by atoms with Crippen molar-refractivity contribution in [1.29, 1.82) is 0 Å². The maximum absolute atomic E-state index is 12.1. The lowest BCUT2D eigenvalue weighted by Crippen LogP contribution is -2.29. The van der Waals surface area contributed by atoms with Gasteiger partial charge in [0.15, 0.2) is 0 Å². The van der Waals surface area contributed by atoms with Crippen molar-refractivity contribution in [3.8, 4) is 0 Å². The van der Waals surface area contributed by atoms with E-state index in [2.05, 4.69) is 20.6 Å². The number of nitrogens with zero attached hydrogens (tertiary/aromatic N) is 2. The van der Waals surface area contributed by atoms with Crippen LogP contribution < -0.4 is 10.6 Å². The van der Waals surface area contributed by atoms with Crippen LogP contribution >= 0.6 is 11.3 Å². The SMILES string of the molecule is Cc1cccc(NC2=N/C(=C\c3ccc4ncsc4c3)C(=O)N2)c1. The molecule has 2 aromatic carbocycles. The summed E-state index contributed by atoms with van der Waals surface area (Å²) in [5, 5.41) is 5.87. The second-order valence-electron chi connectivity index (χ2n) is 5.52. The van der Waals surface area contributed by atoms with Crippen molar-refractivity contribution >= 4 is 45.2 Å². The maximum Gasteiger partial charge on any atom is 0.276 e. The minimum atomic E-state index is -0.213. The number of carbonyl (C=O) groups is 1. The number of aliphatic imine (C=N–C) groups is 1. The number of anilines is 1. The van der Waals surface area contributed by atoms with Gasteiger partial charge in [0.25, 0.3) is 5.91 Å². The van der Waals surface area contributed by atoms with Gasteiger partial charge in [0.1, 0.15) is 5.70 Å². The highest BCUT2D eigenvalue weighted by atomic mass is 32.1. The van der Waals surface area contributed by atoms with E-state index in [0.717, 1.165) is 27.0 Å². The first-order chi connectivity index (χ1) is 11.7. The molecule has 0 unspecified atom stereocenters. The first kappa shape index (κ1) is 14.6. The summed E-state index contributed by atoms with van der Waals surface area (Å²) in [6.07, 6.45) is 1.78. The Balaban J connectivity index is 1.60. The average Bonchev–Trinajstić information content (AvgIpc) is 3.14. The third kappa shape index (κ3) is 2.91. The van der Waals surface area contributed by atoms with Crippen LogP contribution in [0.4, 0.5) is 5.69 Å². The molecule has 0 saturated heterocycles. The summed E-state index contributed by atoms with van der Waals surface area (Å²) in [6.45, 7) is 2.02. The van der Waals surface area contributed by atoms with E-state index in [1.54, 1.807) is 17.4 Å². The number of fused-ring (bicyclic) bond motifs is 1. The van der Waals surface area contributed by atoms with Gasteiger partial charge in [0.2, 0.25) is 5.96 Å². The van der Waals surface area contributed by atoms with Crippen LogP contribution in [0.3, 0.4) is 0 Å². The summed E-state index contributed by atoms with van der Waals surface area (Å²) in [6, 6.07) is 13.8. The van der Waals surface area contributed by atoms with Crippen molar-refractivity contribution in [2.45, 2.75) is 6.92 Å². The largest absolute Gasteiger partial charge is 0.326 e. The fourth-order valence-corrected chi connectivity index (χ4v) is 3.23. The second-order valence-corrected chi connectivity index (χ2v) is 6.40. The Morgan fingerprint density at radius 1 is 1.21 bits per heavy atom. The summed E-state index contributed by atoms with van der Waals surface area (Å²) in [5.41, 5.74) is 6.11. The molecule has 0 atom stereocenters. The average molecular weight is 334 g/mol. The number of amides is 1. The maximum atomic E-state index is 12.1. The van der Waals surface area contributed by atoms with E-state index in [4.69, 9.17) is 0 Å². The molecule has 0 radical (unpaired) electrons. The number of guanidine groups is 1. The Morgan fingerprint density at radius 2 is 2.12 bits per heavy atom. The van der Waals surface area contributed by atoms with E-state index >= 15 is 0 Å². The summed E-state index contributed by atoms with van der Waals surface area (Å²) in [5.74, 6) is 0.227. The zero-order chi connectivity index (χ0) is 16.5. The van der Waals surface area contributed by atoms with Crippen LogP contribution in [-0.4, -0.2) is 16.9 Å². The zero-order valence-electron chi connectivity index (χ0n) is 12.9. The number of benzene rings is 2. The van der Waals surface area contributed by atoms with Gasteiger partial charge in [-0.15, -0.1) is 11.3 Å². The van der Waals surface area contributed by atoms with Crippen LogP contribution in [-0.2, 0) is 4.79 Å². The quantitative estimate of drug-likeness (QED) is 0.705. The van der Waals surface area contributed by atoms with Crippen molar-refractivity contribution in [2.75, 3.05) is 5.32 Å². The zero-order valence-corrected chi connectivity index (χ0v) is 13.7. The highest BCUT2D eigenvalue weighted by molar-refractivity contribution is 7.16. The van der Waals surface area contributed by atoms with Crippen LogP contribution in [0.2, 0.25) is 0 Å². The first-order valence-electron chi connectivity index (χ1n) is 7.46. The Hall–Kier alpha value is -2.99. The summed E-state index contributed by atoms with van der Waals surface area (Å²) < 4.78 is 1.09. The standard InChI is InChI=1S/C18H14N4OS/c1-11-3-2-4-13(7-11)20-18-21-15(17(23)22-18)8-12-5-6-14-16(9-12)24-10-19-14/h2-10H,1H3,(H2,20,21,22,23)/b15-8-. The summed E-state index contributed by atoms with van der Waals surface area (Å²) in [4.78, 5) is 20.7. The molecule has 1 aliphatic rings. The van der Waals surface area contributed by atoms with Gasteiger partial charge in [0, 0.05) is 5.69 Å². The van der Waals surface area contributed by atoms with Crippen molar-refractivity contribution in [1.82, 2.24) is 10.3 Å². The van der Waals surface area contributed by atoms with Crippen LogP contribution in [0.1, 0.15) is 11.1 Å². The lowest BCUT2D eigenvalue weighted by atomic mass is 10.2. The highest BCUT2D eigenvalue weighted by Gasteiger charge is 2.20. The molecule has 1 aliphatic heterocycles. The van der Waals surface area contributed by atoms with E-state index in [9.17, 15) is 4.79 Å². The van der Waals surface area contributed by atoms with Crippen LogP contribution in [0.15, 0.2) is 58.7 Å². The number of carbonyl (C=O) groups excluding carboxylic acids is 1. The number of thiazole rings is 1. The number of aromatic nitrogens is 1. The summed E-state index contributed by atoms with van der Waals surface area (Å²) in [7, 11) is 0. The number of hydrogen-bond donors (Lipinski definition) is 2. The third-order valence-corrected chi connectivity index (χ3v) is 4.43. The number of nitrogens with one attached hydrogen (secondary N) is 2.